The zero-order valence-corrected chi connectivity index (χ0v) is 27.1. The third kappa shape index (κ3) is 26.2. The van der Waals surface area contributed by atoms with Crippen LogP contribution in [0.25, 0.3) is 0 Å². The van der Waals surface area contributed by atoms with Crippen molar-refractivity contribution < 1.29 is 32.5 Å². The van der Waals surface area contributed by atoms with Crippen molar-refractivity contribution in [2.45, 2.75) is 136 Å². The van der Waals surface area contributed by atoms with Crippen LogP contribution in [0.1, 0.15) is 130 Å². The van der Waals surface area contributed by atoms with Crippen LogP contribution in [0, 0.1) is 0 Å². The molecule has 1 amide bonds. The maximum absolute atomic E-state index is 12.2. The SMILES string of the molecule is CCCCCCCCCCCCCCCCCC(=O)NCC(COP(=O)(O)OCC[N+](C)(C)CCC)OCC. The minimum Gasteiger partial charge on any atom is -0.374 e. The van der Waals surface area contributed by atoms with E-state index in [1.807, 2.05) is 6.92 Å². The second-order valence-corrected chi connectivity index (χ2v) is 13.0. The highest BCUT2D eigenvalue weighted by Gasteiger charge is 2.25. The number of nitrogens with one attached hydrogen (secondary N) is 1. The number of nitrogens with zero attached hydrogens (tertiary/aromatic N) is 1. The number of ether oxygens (including phenoxy) is 1. The highest BCUT2D eigenvalue weighted by molar-refractivity contribution is 7.47. The van der Waals surface area contributed by atoms with Crippen molar-refractivity contribution in [1.82, 2.24) is 5.32 Å². The van der Waals surface area contributed by atoms with Crippen LogP contribution in [0.4, 0.5) is 0 Å². The summed E-state index contributed by atoms with van der Waals surface area (Å²) in [6.45, 7) is 8.47. The molecule has 2 N–H and O–H groups in total. The van der Waals surface area contributed by atoms with Gasteiger partial charge >= 0.3 is 7.82 Å². The molecule has 0 bridgehead atoms. The van der Waals surface area contributed by atoms with Crippen molar-refractivity contribution in [3.63, 3.8) is 0 Å². The molecule has 0 radical (unpaired) electrons. The molecule has 2 unspecified atom stereocenters. The molecule has 8 nitrogen and oxygen atoms in total. The quantitative estimate of drug-likeness (QED) is 0.0545. The average molecular weight is 580 g/mol. The van der Waals surface area contributed by atoms with E-state index in [1.54, 1.807) is 0 Å². The van der Waals surface area contributed by atoms with E-state index in [0.29, 0.717) is 24.1 Å². The lowest BCUT2D eigenvalue weighted by Gasteiger charge is -2.29. The highest BCUT2D eigenvalue weighted by atomic mass is 31.2. The number of quaternary nitrogens is 1. The van der Waals surface area contributed by atoms with Gasteiger partial charge in [-0.15, -0.1) is 0 Å². The largest absolute Gasteiger partial charge is 0.472 e. The van der Waals surface area contributed by atoms with Gasteiger partial charge < -0.3 is 19.4 Å². The molecule has 0 rings (SSSR count). The molecule has 0 fully saturated rings. The second kappa shape index (κ2) is 25.2. The zero-order chi connectivity index (χ0) is 29.2. The Hall–Kier alpha value is -0.500. The number of hydrogen-bond donors (Lipinski definition) is 2. The Kier molecular flexibility index (Phi) is 24.9. The van der Waals surface area contributed by atoms with E-state index >= 15 is 0 Å². The summed E-state index contributed by atoms with van der Waals surface area (Å²) in [6, 6.07) is 0. The number of likely N-dealkylation sites (N-methyl/N-ethyl adjacent to an activating group) is 1. The molecule has 2 atom stereocenters. The number of hydrogen-bond acceptors (Lipinski definition) is 5. The first-order chi connectivity index (χ1) is 18.7. The standard InChI is InChI=1S/C30H63N2O6P/c1-6-9-10-11-12-13-14-15-16-17-18-19-20-21-22-23-30(33)31-27-29(36-8-3)28-38-39(34,35)37-26-25-32(4,5)24-7-2/h29H,6-28H2,1-5H3,(H-,31,33,34,35)/p+1. The smallest absolute Gasteiger partial charge is 0.374 e. The number of phosphoric acid groups is 1. The summed E-state index contributed by atoms with van der Waals surface area (Å²) >= 11 is 0. The van der Waals surface area contributed by atoms with E-state index in [1.165, 1.54) is 83.5 Å². The molecule has 0 saturated carbocycles. The lowest BCUT2D eigenvalue weighted by molar-refractivity contribution is -0.890. The zero-order valence-electron chi connectivity index (χ0n) is 26.2. The van der Waals surface area contributed by atoms with Crippen LogP contribution in [0.3, 0.4) is 0 Å². The van der Waals surface area contributed by atoms with Crippen molar-refractivity contribution in [3.05, 3.63) is 0 Å². The Labute approximate surface area is 241 Å². The molecule has 39 heavy (non-hydrogen) atoms. The maximum atomic E-state index is 12.2. The van der Waals surface area contributed by atoms with Crippen molar-refractivity contribution >= 4 is 13.7 Å². The van der Waals surface area contributed by atoms with Gasteiger partial charge in [0.1, 0.15) is 13.2 Å². The first-order valence-corrected chi connectivity index (χ1v) is 17.5. The second-order valence-electron chi connectivity index (χ2n) is 11.6. The van der Waals surface area contributed by atoms with E-state index in [9.17, 15) is 14.3 Å². The molecule has 0 aliphatic rings. The molecule has 0 aromatic rings. The van der Waals surface area contributed by atoms with Crippen LogP contribution in [0.2, 0.25) is 0 Å². The Balaban J connectivity index is 3.83. The lowest BCUT2D eigenvalue weighted by atomic mass is 10.0. The van der Waals surface area contributed by atoms with Crippen LogP contribution in [0.15, 0.2) is 0 Å². The summed E-state index contributed by atoms with van der Waals surface area (Å²) in [7, 11) is -0.0541. The molecule has 0 spiro atoms. The predicted molar refractivity (Wildman–Crippen MR) is 162 cm³/mol. The fraction of sp³-hybridized carbons (Fsp3) is 0.967. The van der Waals surface area contributed by atoms with Crippen molar-refractivity contribution in [2.75, 3.05) is 53.6 Å². The third-order valence-corrected chi connectivity index (χ3v) is 8.12. The highest BCUT2D eigenvalue weighted by Crippen LogP contribution is 2.43. The maximum Gasteiger partial charge on any atom is 0.472 e. The van der Waals surface area contributed by atoms with Gasteiger partial charge in [-0.05, 0) is 19.8 Å². The number of carbonyl (C=O) groups excluding carboxylic acids is 1. The van der Waals surface area contributed by atoms with E-state index in [4.69, 9.17) is 13.8 Å². The van der Waals surface area contributed by atoms with Gasteiger partial charge in [0.2, 0.25) is 5.91 Å². The Bertz CT molecular complexity index is 620. The number of amides is 1. The first kappa shape index (κ1) is 38.5. The van der Waals surface area contributed by atoms with Crippen LogP contribution < -0.4 is 5.32 Å². The third-order valence-electron chi connectivity index (χ3n) is 7.14. The number of phosphoric ester groups is 1. The fourth-order valence-electron chi connectivity index (χ4n) is 4.71. The van der Waals surface area contributed by atoms with Gasteiger partial charge in [0.25, 0.3) is 0 Å². The summed E-state index contributed by atoms with van der Waals surface area (Å²) in [5.74, 6) is -0.0197. The topological polar surface area (TPSA) is 94.1 Å². The van der Waals surface area contributed by atoms with Crippen LogP contribution in [-0.4, -0.2) is 74.9 Å². The molecule has 234 valence electrons. The van der Waals surface area contributed by atoms with Gasteiger partial charge in [-0.2, -0.15) is 0 Å². The van der Waals surface area contributed by atoms with E-state index < -0.39 is 13.9 Å². The normalized spacial score (nSPS) is 14.3. The van der Waals surface area contributed by atoms with Gasteiger partial charge in [-0.1, -0.05) is 104 Å². The predicted octanol–water partition coefficient (Wildman–Crippen LogP) is 7.39. The van der Waals surface area contributed by atoms with Crippen molar-refractivity contribution in [1.29, 1.82) is 0 Å². The molecule has 0 saturated heterocycles. The number of rotatable bonds is 29. The lowest BCUT2D eigenvalue weighted by Crippen LogP contribution is -2.42. The van der Waals surface area contributed by atoms with Crippen LogP contribution >= 0.6 is 7.82 Å². The Morgan fingerprint density at radius 1 is 0.769 bits per heavy atom. The first-order valence-electron chi connectivity index (χ1n) is 16.0. The summed E-state index contributed by atoms with van der Waals surface area (Å²) < 4.78 is 28.8. The van der Waals surface area contributed by atoms with E-state index in [0.717, 1.165) is 25.8 Å². The van der Waals surface area contributed by atoms with E-state index in [-0.39, 0.29) is 25.7 Å². The van der Waals surface area contributed by atoms with Crippen LogP contribution in [-0.2, 0) is 23.1 Å². The van der Waals surface area contributed by atoms with Crippen molar-refractivity contribution in [3.8, 4) is 0 Å². The molecule has 0 aromatic carbocycles. The summed E-state index contributed by atoms with van der Waals surface area (Å²) in [4.78, 5) is 22.2. The summed E-state index contributed by atoms with van der Waals surface area (Å²) in [5, 5.41) is 2.87. The van der Waals surface area contributed by atoms with Gasteiger partial charge in [0.05, 0.1) is 33.4 Å². The number of carbonyl (C=O) groups is 1. The molecule has 0 aliphatic heterocycles. The summed E-state index contributed by atoms with van der Waals surface area (Å²) in [5.41, 5.74) is 0. The Morgan fingerprint density at radius 3 is 1.77 bits per heavy atom. The van der Waals surface area contributed by atoms with Gasteiger partial charge in [-0.25, -0.2) is 4.57 Å². The van der Waals surface area contributed by atoms with E-state index in [2.05, 4.69) is 33.3 Å². The molecule has 0 aliphatic carbocycles. The fourth-order valence-corrected chi connectivity index (χ4v) is 5.45. The minimum absolute atomic E-state index is 0.0197. The molecule has 9 heteroatoms. The number of unbranched alkanes of at least 4 members (excludes halogenated alkanes) is 14. The summed E-state index contributed by atoms with van der Waals surface area (Å²) in [6.07, 6.45) is 20.5. The van der Waals surface area contributed by atoms with Gasteiger partial charge in [-0.3, -0.25) is 13.8 Å². The van der Waals surface area contributed by atoms with Gasteiger partial charge in [0, 0.05) is 19.6 Å². The minimum atomic E-state index is -4.17. The van der Waals surface area contributed by atoms with Gasteiger partial charge in [0.15, 0.2) is 0 Å². The average Bonchev–Trinajstić information content (AvgIpc) is 2.87. The monoisotopic (exact) mass is 579 g/mol. The molecule has 0 heterocycles. The Morgan fingerprint density at radius 2 is 1.28 bits per heavy atom. The molecule has 0 aromatic heterocycles. The molecular weight excluding hydrogens is 515 g/mol. The van der Waals surface area contributed by atoms with Crippen molar-refractivity contribution in [2.24, 2.45) is 0 Å². The van der Waals surface area contributed by atoms with Crippen LogP contribution in [0.5, 0.6) is 0 Å². The molecular formula is C30H64N2O6P+.